The Balaban J connectivity index is 4.61. The predicted octanol–water partition coefficient (Wildman–Crippen LogP) is 18.2. The van der Waals surface area contributed by atoms with Gasteiger partial charge in [0.2, 0.25) is 0 Å². The Bertz CT molecular complexity index is 1610. The predicted molar refractivity (Wildman–Crippen MR) is 297 cm³/mol. The minimum atomic E-state index is -0.826. The van der Waals surface area contributed by atoms with E-state index in [1.54, 1.807) is 0 Å². The summed E-state index contributed by atoms with van der Waals surface area (Å²) in [6.07, 6.45) is 80.7. The molecule has 0 fully saturated rings. The number of hydrogen-bond donors (Lipinski definition) is 0. The number of allylic oxidation sites excluding steroid dienone is 26. The molecule has 0 saturated carbocycles. The Morgan fingerprint density at radius 2 is 0.638 bits per heavy atom. The fourth-order valence-electron chi connectivity index (χ4n) is 6.73. The number of carbonyl (C=O) groups is 3. The number of carbonyl (C=O) groups excluding carboxylic acids is 3. The lowest BCUT2D eigenvalue weighted by molar-refractivity contribution is -0.167. The van der Waals surface area contributed by atoms with Crippen molar-refractivity contribution in [1.82, 2.24) is 0 Å². The molecule has 6 nitrogen and oxygen atoms in total. The van der Waals surface area contributed by atoms with Gasteiger partial charge in [-0.05, 0) is 96.3 Å². The molecule has 0 radical (unpaired) electrons. The summed E-state index contributed by atoms with van der Waals surface area (Å²) in [4.78, 5) is 38.1. The van der Waals surface area contributed by atoms with E-state index in [0.29, 0.717) is 12.8 Å². The van der Waals surface area contributed by atoms with Crippen LogP contribution in [0.1, 0.15) is 201 Å². The summed E-state index contributed by atoms with van der Waals surface area (Å²) >= 11 is 0. The second-order valence-corrected chi connectivity index (χ2v) is 17.3. The molecule has 0 amide bonds. The molecule has 0 rings (SSSR count). The lowest BCUT2D eigenvalue weighted by atomic mass is 10.1. The molecule has 0 aliphatic heterocycles. The van der Waals surface area contributed by atoms with Crippen LogP contribution in [0, 0.1) is 0 Å². The van der Waals surface area contributed by atoms with Gasteiger partial charge < -0.3 is 14.2 Å². The summed E-state index contributed by atoms with van der Waals surface area (Å²) in [5.41, 5.74) is 0. The lowest BCUT2D eigenvalue weighted by Gasteiger charge is -2.18. The standard InChI is InChI=1S/C63H96O6/c1-4-7-10-13-16-19-22-25-28-30-32-34-35-38-41-44-47-50-53-56-62(65)68-59-60(58-67-61(64)55-52-49-46-43-40-37-27-24-21-18-15-12-9-6-3)69-63(66)57-54-51-48-45-42-39-36-33-31-29-26-23-20-17-14-11-8-5-2/h7,9-10,12-13,16,18-19,21-23,25-38,41,60H,4-6,8,11,14-15,17,20,24,39-40,42-59H2,1-3H3/b10-7-,12-9-,16-13-,21-18-,22-19-,26-23-,28-25-,31-29-,32-30+,35-34-,36-33-,37-27-,41-38-. The number of hydrogen-bond acceptors (Lipinski definition) is 6. The lowest BCUT2D eigenvalue weighted by Crippen LogP contribution is -2.30. The van der Waals surface area contributed by atoms with Gasteiger partial charge in [0.1, 0.15) is 13.2 Å². The zero-order valence-corrected chi connectivity index (χ0v) is 43.8. The number of esters is 3. The molecule has 0 N–H and O–H groups in total. The van der Waals surface area contributed by atoms with Crippen molar-refractivity contribution in [2.45, 2.75) is 207 Å². The molecule has 0 saturated heterocycles. The van der Waals surface area contributed by atoms with Gasteiger partial charge in [0.25, 0.3) is 0 Å². The van der Waals surface area contributed by atoms with Crippen molar-refractivity contribution in [3.8, 4) is 0 Å². The van der Waals surface area contributed by atoms with Gasteiger partial charge in [-0.25, -0.2) is 0 Å². The highest BCUT2D eigenvalue weighted by Gasteiger charge is 2.19. The van der Waals surface area contributed by atoms with Crippen LogP contribution in [-0.4, -0.2) is 37.2 Å². The highest BCUT2D eigenvalue weighted by Crippen LogP contribution is 2.12. The van der Waals surface area contributed by atoms with Crippen LogP contribution in [0.3, 0.4) is 0 Å². The fraction of sp³-hybridized carbons (Fsp3) is 0.540. The first kappa shape index (κ1) is 64.0. The number of ether oxygens (including phenoxy) is 3. The van der Waals surface area contributed by atoms with Gasteiger partial charge in [0.15, 0.2) is 6.10 Å². The van der Waals surface area contributed by atoms with Crippen molar-refractivity contribution in [2.75, 3.05) is 13.2 Å². The van der Waals surface area contributed by atoms with Crippen LogP contribution < -0.4 is 0 Å². The topological polar surface area (TPSA) is 78.9 Å². The van der Waals surface area contributed by atoms with E-state index >= 15 is 0 Å². The van der Waals surface area contributed by atoms with E-state index in [9.17, 15) is 14.4 Å². The molecule has 1 unspecified atom stereocenters. The molecule has 69 heavy (non-hydrogen) atoms. The highest BCUT2D eigenvalue weighted by atomic mass is 16.6. The first-order chi connectivity index (χ1) is 34.0. The zero-order valence-electron chi connectivity index (χ0n) is 43.8. The Morgan fingerprint density at radius 1 is 0.319 bits per heavy atom. The van der Waals surface area contributed by atoms with E-state index in [1.807, 2.05) is 72.9 Å². The summed E-state index contributed by atoms with van der Waals surface area (Å²) in [5.74, 6) is -1.02. The van der Waals surface area contributed by atoms with Crippen LogP contribution in [0.2, 0.25) is 0 Å². The van der Waals surface area contributed by atoms with E-state index in [2.05, 4.69) is 106 Å². The average Bonchev–Trinajstić information content (AvgIpc) is 3.35. The first-order valence-electron chi connectivity index (χ1n) is 27.1. The van der Waals surface area contributed by atoms with Crippen molar-refractivity contribution in [3.63, 3.8) is 0 Å². The summed E-state index contributed by atoms with van der Waals surface area (Å²) in [7, 11) is 0. The molecule has 0 spiro atoms. The number of unbranched alkanes of at least 4 members (excludes halogenated alkanes) is 17. The maximum absolute atomic E-state index is 12.8. The van der Waals surface area contributed by atoms with E-state index in [-0.39, 0.29) is 44.0 Å². The maximum atomic E-state index is 12.8. The summed E-state index contributed by atoms with van der Waals surface area (Å²) in [6, 6.07) is 0. The fourth-order valence-corrected chi connectivity index (χ4v) is 6.73. The second-order valence-electron chi connectivity index (χ2n) is 17.3. The Morgan fingerprint density at radius 3 is 1.07 bits per heavy atom. The van der Waals surface area contributed by atoms with Gasteiger partial charge in [-0.2, -0.15) is 0 Å². The van der Waals surface area contributed by atoms with Crippen LogP contribution in [0.25, 0.3) is 0 Å². The second kappa shape index (κ2) is 55.6. The minimum Gasteiger partial charge on any atom is -0.462 e. The van der Waals surface area contributed by atoms with Crippen LogP contribution in [0.15, 0.2) is 158 Å². The van der Waals surface area contributed by atoms with Gasteiger partial charge in [0.05, 0.1) is 0 Å². The SMILES string of the molecule is CC\C=C/C=C\C=C/C=C\C=C\C=C/C=C\CCCCCC(=O)OCC(COC(=O)CCCCCC/C=C\C/C=C\C/C=C\CC)OC(=O)CCCCCCC\C=C/C=C\C=C/CCCCCCC. The molecule has 1 atom stereocenters. The van der Waals surface area contributed by atoms with Crippen molar-refractivity contribution < 1.29 is 28.6 Å². The third-order valence-corrected chi connectivity index (χ3v) is 10.8. The van der Waals surface area contributed by atoms with Gasteiger partial charge in [-0.3, -0.25) is 14.4 Å². The molecular weight excluding hydrogens is 853 g/mol. The average molecular weight is 949 g/mol. The monoisotopic (exact) mass is 949 g/mol. The largest absolute Gasteiger partial charge is 0.462 e. The molecule has 0 aliphatic rings. The molecule has 0 aromatic carbocycles. The summed E-state index contributed by atoms with van der Waals surface area (Å²) in [6.45, 7) is 6.26. The molecular formula is C63H96O6. The van der Waals surface area contributed by atoms with E-state index < -0.39 is 6.10 Å². The van der Waals surface area contributed by atoms with Crippen molar-refractivity contribution >= 4 is 17.9 Å². The normalized spacial score (nSPS) is 13.4. The van der Waals surface area contributed by atoms with Gasteiger partial charge >= 0.3 is 17.9 Å². The first-order valence-corrected chi connectivity index (χ1v) is 27.1. The molecule has 384 valence electrons. The van der Waals surface area contributed by atoms with Crippen LogP contribution >= 0.6 is 0 Å². The van der Waals surface area contributed by atoms with Crippen molar-refractivity contribution in [3.05, 3.63) is 158 Å². The third-order valence-electron chi connectivity index (χ3n) is 10.8. The molecule has 0 aromatic heterocycles. The molecule has 0 aliphatic carbocycles. The Kier molecular flexibility index (Phi) is 51.6. The van der Waals surface area contributed by atoms with Crippen molar-refractivity contribution in [1.29, 1.82) is 0 Å². The molecule has 6 heteroatoms. The molecule has 0 bridgehead atoms. The minimum absolute atomic E-state index is 0.121. The van der Waals surface area contributed by atoms with Crippen molar-refractivity contribution in [2.24, 2.45) is 0 Å². The molecule has 0 aromatic rings. The quantitative estimate of drug-likeness (QED) is 0.0199. The summed E-state index contributed by atoms with van der Waals surface area (Å²) < 4.78 is 16.8. The Hall–Kier alpha value is -4.97. The van der Waals surface area contributed by atoms with Crippen LogP contribution in [-0.2, 0) is 28.6 Å². The summed E-state index contributed by atoms with van der Waals surface area (Å²) in [5, 5.41) is 0. The molecule has 0 heterocycles. The van der Waals surface area contributed by atoms with Gasteiger partial charge in [-0.1, -0.05) is 243 Å². The van der Waals surface area contributed by atoms with Crippen LogP contribution in [0.4, 0.5) is 0 Å². The van der Waals surface area contributed by atoms with Gasteiger partial charge in [-0.15, -0.1) is 0 Å². The van der Waals surface area contributed by atoms with Crippen LogP contribution in [0.5, 0.6) is 0 Å². The Labute approximate surface area is 422 Å². The smallest absolute Gasteiger partial charge is 0.306 e. The van der Waals surface area contributed by atoms with E-state index in [4.69, 9.17) is 14.2 Å². The maximum Gasteiger partial charge on any atom is 0.306 e. The van der Waals surface area contributed by atoms with E-state index in [1.165, 1.54) is 32.1 Å². The van der Waals surface area contributed by atoms with E-state index in [0.717, 1.165) is 122 Å². The zero-order chi connectivity index (χ0) is 50.0. The number of rotatable bonds is 46. The van der Waals surface area contributed by atoms with Gasteiger partial charge in [0, 0.05) is 19.3 Å². The highest BCUT2D eigenvalue weighted by molar-refractivity contribution is 5.71. The third kappa shape index (κ3) is 53.8.